The van der Waals surface area contributed by atoms with Crippen molar-refractivity contribution >= 4 is 0 Å². The lowest BCUT2D eigenvalue weighted by Gasteiger charge is -2.46. The molecule has 4 heteroatoms. The summed E-state index contributed by atoms with van der Waals surface area (Å²) >= 11 is 0. The van der Waals surface area contributed by atoms with Crippen LogP contribution >= 0.6 is 0 Å². The average Bonchev–Trinajstić information content (AvgIpc) is 2.73. The number of hydrogen-bond acceptors (Lipinski definition) is 4. The Morgan fingerprint density at radius 1 is 1.08 bits per heavy atom. The summed E-state index contributed by atoms with van der Waals surface area (Å²) in [6.07, 6.45) is 2.57. The minimum atomic E-state index is -1.41. The maximum absolute atomic E-state index is 11.6. The van der Waals surface area contributed by atoms with Gasteiger partial charge in [0, 0.05) is 22.7 Å². The van der Waals surface area contributed by atoms with E-state index in [2.05, 4.69) is 19.6 Å². The maximum Gasteiger partial charge on any atom is 0.105 e. The van der Waals surface area contributed by atoms with Crippen molar-refractivity contribution < 1.29 is 20.4 Å². The smallest absolute Gasteiger partial charge is 0.105 e. The van der Waals surface area contributed by atoms with Gasteiger partial charge in [0.2, 0.25) is 0 Å². The van der Waals surface area contributed by atoms with Crippen molar-refractivity contribution in [2.75, 3.05) is 0 Å². The molecule has 0 aromatic rings. The fourth-order valence-corrected chi connectivity index (χ4v) is 6.64. The third-order valence-electron chi connectivity index (χ3n) is 8.23. The van der Waals surface area contributed by atoms with E-state index in [1.54, 1.807) is 0 Å². The van der Waals surface area contributed by atoms with Crippen LogP contribution < -0.4 is 0 Å². The lowest BCUT2D eigenvalue weighted by atomic mass is 9.60. The molecule has 4 aliphatic carbocycles. The number of fused-ring (bicyclic) bond motifs is 2. The van der Waals surface area contributed by atoms with Crippen LogP contribution in [-0.4, -0.2) is 44.3 Å². The monoisotopic (exact) mass is 334 g/mol. The summed E-state index contributed by atoms with van der Waals surface area (Å²) in [6.45, 7) is 10.1. The number of rotatable bonds is 0. The Morgan fingerprint density at radius 2 is 1.75 bits per heavy atom. The van der Waals surface area contributed by atoms with Crippen LogP contribution in [0.5, 0.6) is 0 Å². The molecule has 4 nitrogen and oxygen atoms in total. The Bertz CT molecular complexity index is 623. The van der Waals surface area contributed by atoms with Crippen molar-refractivity contribution in [2.24, 2.45) is 28.6 Å². The van der Waals surface area contributed by atoms with E-state index in [4.69, 9.17) is 0 Å². The largest absolute Gasteiger partial charge is 0.392 e. The van der Waals surface area contributed by atoms with Gasteiger partial charge in [-0.25, -0.2) is 0 Å². The van der Waals surface area contributed by atoms with Crippen LogP contribution in [-0.2, 0) is 0 Å². The molecule has 0 aromatic carbocycles. The van der Waals surface area contributed by atoms with Crippen LogP contribution in [0.4, 0.5) is 0 Å². The average molecular weight is 334 g/mol. The Labute approximate surface area is 143 Å². The summed E-state index contributed by atoms with van der Waals surface area (Å²) < 4.78 is 0. The van der Waals surface area contributed by atoms with E-state index >= 15 is 0 Å². The van der Waals surface area contributed by atoms with Crippen LogP contribution in [0.1, 0.15) is 46.5 Å². The summed E-state index contributed by atoms with van der Waals surface area (Å²) in [4.78, 5) is 0. The van der Waals surface area contributed by atoms with E-state index in [9.17, 15) is 20.4 Å². The molecular weight excluding hydrogens is 304 g/mol. The second kappa shape index (κ2) is 4.73. The van der Waals surface area contributed by atoms with E-state index in [1.807, 2.05) is 13.8 Å². The molecule has 1 spiro atoms. The van der Waals surface area contributed by atoms with Crippen LogP contribution in [0.3, 0.4) is 0 Å². The van der Waals surface area contributed by atoms with Gasteiger partial charge in [-0.05, 0) is 38.5 Å². The van der Waals surface area contributed by atoms with Crippen molar-refractivity contribution in [1.29, 1.82) is 0 Å². The molecule has 3 saturated carbocycles. The zero-order valence-electron chi connectivity index (χ0n) is 14.9. The predicted molar refractivity (Wildman–Crippen MR) is 91.0 cm³/mol. The first-order valence-corrected chi connectivity index (χ1v) is 9.22. The molecule has 0 amide bonds. The van der Waals surface area contributed by atoms with Crippen molar-refractivity contribution in [1.82, 2.24) is 0 Å². The number of aliphatic hydroxyl groups is 4. The fraction of sp³-hybridized carbons (Fsp3) is 0.800. The highest BCUT2D eigenvalue weighted by atomic mass is 16.4. The molecule has 0 unspecified atom stereocenters. The molecule has 0 aromatic heterocycles. The van der Waals surface area contributed by atoms with Crippen LogP contribution in [0.25, 0.3) is 0 Å². The summed E-state index contributed by atoms with van der Waals surface area (Å²) in [7, 11) is 0. The highest BCUT2D eigenvalue weighted by Gasteiger charge is 2.69. The summed E-state index contributed by atoms with van der Waals surface area (Å²) in [5.74, 6) is -0.122. The highest BCUT2D eigenvalue weighted by molar-refractivity contribution is 5.37. The van der Waals surface area contributed by atoms with Crippen LogP contribution in [0.2, 0.25) is 0 Å². The van der Waals surface area contributed by atoms with Crippen molar-refractivity contribution in [2.45, 2.75) is 70.4 Å². The van der Waals surface area contributed by atoms with Gasteiger partial charge < -0.3 is 20.4 Å². The van der Waals surface area contributed by atoms with E-state index in [-0.39, 0.29) is 17.8 Å². The van der Waals surface area contributed by atoms with Gasteiger partial charge in [-0.1, -0.05) is 37.6 Å². The second-order valence-electron chi connectivity index (χ2n) is 9.33. The van der Waals surface area contributed by atoms with Crippen molar-refractivity contribution in [3.63, 3.8) is 0 Å². The third kappa shape index (κ3) is 1.64. The molecule has 4 rings (SSSR count). The van der Waals surface area contributed by atoms with Crippen LogP contribution in [0.15, 0.2) is 23.8 Å². The van der Waals surface area contributed by atoms with Gasteiger partial charge in [0.1, 0.15) is 5.60 Å². The number of hydrogen-bond donors (Lipinski definition) is 4. The van der Waals surface area contributed by atoms with E-state index < -0.39 is 34.7 Å². The third-order valence-corrected chi connectivity index (χ3v) is 8.23. The molecule has 0 aliphatic heterocycles. The van der Waals surface area contributed by atoms with Gasteiger partial charge in [-0.3, -0.25) is 0 Å². The number of aliphatic hydroxyl groups excluding tert-OH is 3. The van der Waals surface area contributed by atoms with Crippen molar-refractivity contribution in [3.8, 4) is 0 Å². The standard InChI is InChI=1S/C20H30O4/c1-10-8-19-9-16(22)20(24)14(7-15(21)18(20,3)4)11(2)13(19)6-5-12(10)17(19)23/h8,12-17,21-24H,2,5-7,9H2,1,3-4H3/t12-,13-,14-,15-,16+,17-,19+,20-/m0/s1. The first-order chi connectivity index (χ1) is 11.1. The molecule has 0 saturated heterocycles. The Hall–Kier alpha value is -0.680. The molecular formula is C20H30O4. The molecule has 2 bridgehead atoms. The van der Waals surface area contributed by atoms with Gasteiger partial charge in [0.25, 0.3) is 0 Å². The lowest BCUT2D eigenvalue weighted by Crippen LogP contribution is -2.57. The summed E-state index contributed by atoms with van der Waals surface area (Å²) in [6, 6.07) is 0. The molecule has 0 radical (unpaired) electrons. The Balaban J connectivity index is 1.87. The van der Waals surface area contributed by atoms with E-state index in [1.165, 1.54) is 5.57 Å². The summed E-state index contributed by atoms with van der Waals surface area (Å²) in [5, 5.41) is 44.2. The SMILES string of the molecule is C=C1[C@@H]2CC[C@H]3C(C)=C[C@]2(C[C@@H](O)[C@@]2(O)[C@H]1C[C@H](O)C2(C)C)[C@H]3O. The van der Waals surface area contributed by atoms with Gasteiger partial charge in [0.15, 0.2) is 0 Å². The zero-order chi connectivity index (χ0) is 17.7. The Kier molecular flexibility index (Phi) is 3.30. The predicted octanol–water partition coefficient (Wildman–Crippen LogP) is 1.78. The highest BCUT2D eigenvalue weighted by Crippen LogP contribution is 2.66. The molecule has 4 aliphatic rings. The van der Waals surface area contributed by atoms with Gasteiger partial charge in [-0.2, -0.15) is 0 Å². The molecule has 24 heavy (non-hydrogen) atoms. The van der Waals surface area contributed by atoms with Gasteiger partial charge in [-0.15, -0.1) is 0 Å². The molecule has 3 fully saturated rings. The van der Waals surface area contributed by atoms with Crippen molar-refractivity contribution in [3.05, 3.63) is 23.8 Å². The fourth-order valence-electron chi connectivity index (χ4n) is 6.64. The lowest BCUT2D eigenvalue weighted by molar-refractivity contribution is -0.171. The molecule has 0 heterocycles. The minimum absolute atomic E-state index is 0.0518. The topological polar surface area (TPSA) is 80.9 Å². The first kappa shape index (κ1) is 16.8. The van der Waals surface area contributed by atoms with E-state index in [0.717, 1.165) is 18.4 Å². The van der Waals surface area contributed by atoms with E-state index in [0.29, 0.717) is 12.8 Å². The Morgan fingerprint density at radius 3 is 2.42 bits per heavy atom. The maximum atomic E-state index is 11.6. The van der Waals surface area contributed by atoms with Gasteiger partial charge >= 0.3 is 0 Å². The quantitative estimate of drug-likeness (QED) is 0.509. The van der Waals surface area contributed by atoms with Gasteiger partial charge in [0.05, 0.1) is 18.3 Å². The van der Waals surface area contributed by atoms with Crippen LogP contribution in [0, 0.1) is 28.6 Å². The molecule has 134 valence electrons. The normalized spacial score (nSPS) is 55.6. The first-order valence-electron chi connectivity index (χ1n) is 9.22. The molecule has 8 atom stereocenters. The molecule has 4 N–H and O–H groups in total. The minimum Gasteiger partial charge on any atom is -0.392 e. The zero-order valence-corrected chi connectivity index (χ0v) is 14.9. The second-order valence-corrected chi connectivity index (χ2v) is 9.33. The summed E-state index contributed by atoms with van der Waals surface area (Å²) in [5.41, 5.74) is -0.642.